The number of carbonyl (C=O) groups excluding carboxylic acids is 1. The number of nitrogens with zero attached hydrogens (tertiary/aromatic N) is 3. The molecule has 1 aliphatic rings. The van der Waals surface area contributed by atoms with E-state index in [9.17, 15) is 14.9 Å². The third-order valence-corrected chi connectivity index (χ3v) is 3.89. The first kappa shape index (κ1) is 15.2. The van der Waals surface area contributed by atoms with Gasteiger partial charge in [0.05, 0.1) is 28.4 Å². The van der Waals surface area contributed by atoms with Crippen LogP contribution in [0.5, 0.6) is 0 Å². The lowest BCUT2D eigenvalue weighted by molar-refractivity contribution is -0.384. The van der Waals surface area contributed by atoms with E-state index < -0.39 is 4.92 Å². The fraction of sp³-hybridized carbons (Fsp3) is 0.125. The lowest BCUT2D eigenvalue weighted by Crippen LogP contribution is -2.27. The number of carbonyl (C=O) groups is 1. The number of halogens is 1. The van der Waals surface area contributed by atoms with Crippen LogP contribution in [-0.2, 0) is 4.79 Å². The standard InChI is InChI=1S/C16H12ClN3O3/c1-19-15-8-11(17)4-7-13(15)18-14(9-16(19)21)10-2-5-12(6-3-10)20(22)23/h2-8H,9H2,1H3. The van der Waals surface area contributed by atoms with Gasteiger partial charge in [0.15, 0.2) is 0 Å². The number of hydrogen-bond acceptors (Lipinski definition) is 4. The molecule has 0 saturated carbocycles. The van der Waals surface area contributed by atoms with Gasteiger partial charge in [-0.2, -0.15) is 0 Å². The predicted octanol–water partition coefficient (Wildman–Crippen LogP) is 3.74. The molecule has 6 nitrogen and oxygen atoms in total. The van der Waals surface area contributed by atoms with Crippen LogP contribution in [-0.4, -0.2) is 23.6 Å². The SMILES string of the molecule is CN1C(=O)CC(c2ccc([N+](=O)[O-])cc2)=Nc2ccc(Cl)cc21. The van der Waals surface area contributed by atoms with E-state index in [0.717, 1.165) is 0 Å². The van der Waals surface area contributed by atoms with Gasteiger partial charge >= 0.3 is 0 Å². The van der Waals surface area contributed by atoms with Gasteiger partial charge in [-0.15, -0.1) is 0 Å². The third kappa shape index (κ3) is 2.93. The first-order valence-electron chi connectivity index (χ1n) is 6.84. The number of nitro groups is 1. The van der Waals surface area contributed by atoms with Crippen LogP contribution in [0.3, 0.4) is 0 Å². The summed E-state index contributed by atoms with van der Waals surface area (Å²) < 4.78 is 0. The molecule has 0 aromatic heterocycles. The summed E-state index contributed by atoms with van der Waals surface area (Å²) in [6.07, 6.45) is 0.112. The first-order valence-corrected chi connectivity index (χ1v) is 7.22. The zero-order chi connectivity index (χ0) is 16.6. The zero-order valence-electron chi connectivity index (χ0n) is 12.2. The van der Waals surface area contributed by atoms with Crippen molar-refractivity contribution in [2.24, 2.45) is 4.99 Å². The zero-order valence-corrected chi connectivity index (χ0v) is 12.9. The van der Waals surface area contributed by atoms with E-state index in [4.69, 9.17) is 11.6 Å². The van der Waals surface area contributed by atoms with E-state index in [1.54, 1.807) is 37.4 Å². The van der Waals surface area contributed by atoms with Crippen LogP contribution < -0.4 is 4.90 Å². The van der Waals surface area contributed by atoms with E-state index in [0.29, 0.717) is 27.7 Å². The van der Waals surface area contributed by atoms with E-state index in [1.807, 2.05) is 0 Å². The normalized spacial score (nSPS) is 14.1. The molecule has 23 heavy (non-hydrogen) atoms. The molecule has 116 valence electrons. The van der Waals surface area contributed by atoms with Gasteiger partial charge in [0, 0.05) is 24.2 Å². The summed E-state index contributed by atoms with van der Waals surface area (Å²) in [5.41, 5.74) is 2.52. The molecule has 0 unspecified atom stereocenters. The van der Waals surface area contributed by atoms with Crippen LogP contribution in [0.15, 0.2) is 47.5 Å². The quantitative estimate of drug-likeness (QED) is 0.622. The minimum atomic E-state index is -0.463. The highest BCUT2D eigenvalue weighted by Crippen LogP contribution is 2.34. The fourth-order valence-corrected chi connectivity index (χ4v) is 2.55. The summed E-state index contributed by atoms with van der Waals surface area (Å²) in [5, 5.41) is 11.3. The molecule has 0 saturated heterocycles. The van der Waals surface area contributed by atoms with Gasteiger partial charge in [0.1, 0.15) is 0 Å². The Bertz CT molecular complexity index is 831. The molecule has 3 rings (SSSR count). The Morgan fingerprint density at radius 2 is 1.91 bits per heavy atom. The molecule has 1 amide bonds. The smallest absolute Gasteiger partial charge is 0.269 e. The molecule has 0 spiro atoms. The fourth-order valence-electron chi connectivity index (χ4n) is 2.38. The van der Waals surface area contributed by atoms with Crippen molar-refractivity contribution in [1.29, 1.82) is 0 Å². The summed E-state index contributed by atoms with van der Waals surface area (Å²) in [5.74, 6) is -0.122. The number of fused-ring (bicyclic) bond motifs is 1. The van der Waals surface area contributed by atoms with Crippen LogP contribution in [0.4, 0.5) is 17.1 Å². The number of rotatable bonds is 2. The van der Waals surface area contributed by atoms with E-state index >= 15 is 0 Å². The van der Waals surface area contributed by atoms with Crippen molar-refractivity contribution in [3.63, 3.8) is 0 Å². The molecule has 0 radical (unpaired) electrons. The van der Waals surface area contributed by atoms with Gasteiger partial charge in [-0.05, 0) is 35.9 Å². The molecule has 7 heteroatoms. The third-order valence-electron chi connectivity index (χ3n) is 3.66. The maximum Gasteiger partial charge on any atom is 0.269 e. The molecule has 2 aromatic carbocycles. The topological polar surface area (TPSA) is 75.8 Å². The Balaban J connectivity index is 2.07. The van der Waals surface area contributed by atoms with Gasteiger partial charge < -0.3 is 4.90 Å². The summed E-state index contributed by atoms with van der Waals surface area (Å²) >= 11 is 5.99. The number of hydrogen-bond donors (Lipinski definition) is 0. The Morgan fingerprint density at radius 3 is 2.57 bits per heavy atom. The molecule has 1 aliphatic heterocycles. The highest BCUT2D eigenvalue weighted by atomic mass is 35.5. The second-order valence-corrected chi connectivity index (χ2v) is 5.56. The average Bonchev–Trinajstić information content (AvgIpc) is 2.66. The van der Waals surface area contributed by atoms with Gasteiger partial charge in [-0.3, -0.25) is 19.9 Å². The van der Waals surface area contributed by atoms with E-state index in [1.165, 1.54) is 17.0 Å². The largest absolute Gasteiger partial charge is 0.313 e. The van der Waals surface area contributed by atoms with Crippen molar-refractivity contribution in [3.05, 3.63) is 63.2 Å². The molecule has 2 aromatic rings. The summed E-state index contributed by atoms with van der Waals surface area (Å²) in [7, 11) is 1.67. The molecule has 0 bridgehead atoms. The van der Waals surface area contributed by atoms with Gasteiger partial charge in [0.25, 0.3) is 5.69 Å². The van der Waals surface area contributed by atoms with Crippen molar-refractivity contribution in [2.75, 3.05) is 11.9 Å². The molecule has 0 aliphatic carbocycles. The number of anilines is 1. The van der Waals surface area contributed by atoms with Crippen molar-refractivity contribution in [3.8, 4) is 0 Å². The molecular weight excluding hydrogens is 318 g/mol. The lowest BCUT2D eigenvalue weighted by Gasteiger charge is -2.16. The Kier molecular flexibility index (Phi) is 3.83. The minimum absolute atomic E-state index is 0.00130. The van der Waals surface area contributed by atoms with Crippen LogP contribution in [0.25, 0.3) is 0 Å². The molecule has 0 N–H and O–H groups in total. The summed E-state index contributed by atoms with van der Waals surface area (Å²) in [4.78, 5) is 28.7. The monoisotopic (exact) mass is 329 g/mol. The Hall–Kier alpha value is -2.73. The van der Waals surface area contributed by atoms with Crippen LogP contribution in [0, 0.1) is 10.1 Å². The van der Waals surface area contributed by atoms with Crippen LogP contribution in [0.2, 0.25) is 5.02 Å². The number of aliphatic imine (C=N–C) groups is 1. The molecule has 1 heterocycles. The Morgan fingerprint density at radius 1 is 1.22 bits per heavy atom. The van der Waals surface area contributed by atoms with Gasteiger partial charge in [-0.1, -0.05) is 11.6 Å². The second kappa shape index (κ2) is 5.81. The highest BCUT2D eigenvalue weighted by Gasteiger charge is 2.22. The molecule has 0 fully saturated rings. The maximum atomic E-state index is 12.3. The minimum Gasteiger partial charge on any atom is -0.313 e. The molecular formula is C16H12ClN3O3. The van der Waals surface area contributed by atoms with Crippen molar-refractivity contribution >= 4 is 40.3 Å². The van der Waals surface area contributed by atoms with Crippen LogP contribution in [0.1, 0.15) is 12.0 Å². The van der Waals surface area contributed by atoms with E-state index in [2.05, 4.69) is 4.99 Å². The number of nitro benzene ring substituents is 1. The number of amides is 1. The van der Waals surface area contributed by atoms with Crippen molar-refractivity contribution in [2.45, 2.75) is 6.42 Å². The summed E-state index contributed by atoms with van der Waals surface area (Å²) in [6, 6.07) is 11.2. The van der Waals surface area contributed by atoms with Crippen molar-refractivity contribution in [1.82, 2.24) is 0 Å². The van der Waals surface area contributed by atoms with E-state index in [-0.39, 0.29) is 18.0 Å². The van der Waals surface area contributed by atoms with Gasteiger partial charge in [-0.25, -0.2) is 0 Å². The average molecular weight is 330 g/mol. The second-order valence-electron chi connectivity index (χ2n) is 5.13. The summed E-state index contributed by atoms with van der Waals surface area (Å²) in [6.45, 7) is 0. The van der Waals surface area contributed by atoms with Crippen LogP contribution >= 0.6 is 11.6 Å². The Labute approximate surface area is 137 Å². The highest BCUT2D eigenvalue weighted by molar-refractivity contribution is 6.31. The molecule has 0 atom stereocenters. The number of benzene rings is 2. The lowest BCUT2D eigenvalue weighted by atomic mass is 10.1. The van der Waals surface area contributed by atoms with Gasteiger partial charge in [0.2, 0.25) is 5.91 Å². The van der Waals surface area contributed by atoms with Crippen molar-refractivity contribution < 1.29 is 9.72 Å². The maximum absolute atomic E-state index is 12.3. The predicted molar refractivity (Wildman–Crippen MR) is 88.8 cm³/mol. The number of non-ortho nitro benzene ring substituents is 1. The first-order chi connectivity index (χ1) is 11.0.